The third-order valence-electron chi connectivity index (χ3n) is 4.94. The number of hydrogen-bond donors (Lipinski definition) is 1. The molecule has 5 nitrogen and oxygen atoms in total. The van der Waals surface area contributed by atoms with Crippen molar-refractivity contribution in [2.24, 2.45) is 0 Å². The van der Waals surface area contributed by atoms with Gasteiger partial charge in [-0.3, -0.25) is 4.79 Å². The minimum absolute atomic E-state index is 0.0140. The predicted octanol–water partition coefficient (Wildman–Crippen LogP) is 6.19. The van der Waals surface area contributed by atoms with Crippen LogP contribution in [0, 0.1) is 16.8 Å². The van der Waals surface area contributed by atoms with Gasteiger partial charge in [-0.05, 0) is 49.1 Å². The second kappa shape index (κ2) is 8.51. The van der Waals surface area contributed by atoms with Crippen LogP contribution in [0.1, 0.15) is 40.2 Å². The number of ether oxygens (including phenoxy) is 1. The molecule has 1 fully saturated rings. The summed E-state index contributed by atoms with van der Waals surface area (Å²) in [6, 6.07) is 6.45. The van der Waals surface area contributed by atoms with Crippen molar-refractivity contribution in [3.8, 4) is 11.5 Å². The molecule has 1 aliphatic rings. The monoisotopic (exact) mass is 484 g/mol. The molecule has 0 spiro atoms. The second-order valence-corrected chi connectivity index (χ2v) is 7.77. The Bertz CT molecular complexity index is 1250. The molecule has 11 heteroatoms. The molecule has 1 aromatic heterocycles. The summed E-state index contributed by atoms with van der Waals surface area (Å²) in [4.78, 5) is 12.8. The quantitative estimate of drug-likeness (QED) is 0.267. The third-order valence-corrected chi connectivity index (χ3v) is 5.31. The van der Waals surface area contributed by atoms with E-state index in [-0.39, 0.29) is 17.4 Å². The number of amides is 1. The highest BCUT2D eigenvalue weighted by Crippen LogP contribution is 2.47. The number of halogens is 6. The zero-order chi connectivity index (χ0) is 23.9. The zero-order valence-corrected chi connectivity index (χ0v) is 17.3. The van der Waals surface area contributed by atoms with Crippen molar-refractivity contribution in [2.75, 3.05) is 5.32 Å². The molecule has 0 atom stereocenters. The van der Waals surface area contributed by atoms with Gasteiger partial charge in [0.15, 0.2) is 12.0 Å². The lowest BCUT2D eigenvalue weighted by molar-refractivity contribution is -0.604. The minimum atomic E-state index is -5.04. The summed E-state index contributed by atoms with van der Waals surface area (Å²) in [5, 5.41) is 12.3. The Morgan fingerprint density at radius 3 is 2.52 bits per heavy atom. The van der Waals surface area contributed by atoms with Gasteiger partial charge in [0, 0.05) is 11.6 Å². The normalized spacial score (nSPS) is 13.6. The lowest BCUT2D eigenvalue weighted by Crippen LogP contribution is -2.26. The molecule has 4 rings (SSSR count). The largest absolute Gasteiger partial charge is 0.619 e. The second-order valence-electron chi connectivity index (χ2n) is 7.39. The van der Waals surface area contributed by atoms with Crippen molar-refractivity contribution in [3.05, 3.63) is 87.3 Å². The Morgan fingerprint density at radius 1 is 1.15 bits per heavy atom. The molecule has 3 aromatic rings. The average molecular weight is 485 g/mol. The SMILES string of the molecule is O=C(Nc1ccc[n+]([O-])c1)c1c(Oc2ccc(F)cc2C2CC2)cc(C(F)(F)F)c(Cl)c1F. The number of pyridine rings is 1. The van der Waals surface area contributed by atoms with Crippen molar-refractivity contribution < 1.29 is 36.2 Å². The summed E-state index contributed by atoms with van der Waals surface area (Å²) in [6.07, 6.45) is -1.50. The van der Waals surface area contributed by atoms with Crippen LogP contribution >= 0.6 is 11.6 Å². The summed E-state index contributed by atoms with van der Waals surface area (Å²) in [5.41, 5.74) is -2.10. The number of nitrogens with zero attached hydrogens (tertiary/aromatic N) is 1. The average Bonchev–Trinajstić information content (AvgIpc) is 3.56. The Morgan fingerprint density at radius 2 is 1.88 bits per heavy atom. The van der Waals surface area contributed by atoms with E-state index in [4.69, 9.17) is 16.3 Å². The van der Waals surface area contributed by atoms with Crippen LogP contribution in [0.5, 0.6) is 11.5 Å². The van der Waals surface area contributed by atoms with Crippen molar-refractivity contribution in [1.29, 1.82) is 0 Å². The molecule has 1 aliphatic carbocycles. The fourth-order valence-electron chi connectivity index (χ4n) is 3.27. The first-order valence-electron chi connectivity index (χ1n) is 9.61. The van der Waals surface area contributed by atoms with Gasteiger partial charge in [-0.2, -0.15) is 17.9 Å². The standard InChI is InChI=1S/C22H14ClF5N2O3/c23-19-15(22(26,27)28)9-17(33-16-6-5-12(24)8-14(16)11-3-4-11)18(20(19)25)21(31)29-13-2-1-7-30(32)10-13/h1-2,5-11H,3-4H2,(H,29,31). The zero-order valence-electron chi connectivity index (χ0n) is 16.6. The molecule has 0 unspecified atom stereocenters. The van der Waals surface area contributed by atoms with Crippen LogP contribution < -0.4 is 14.8 Å². The van der Waals surface area contributed by atoms with Crippen molar-refractivity contribution in [3.63, 3.8) is 0 Å². The maximum atomic E-state index is 15.0. The molecule has 1 heterocycles. The van der Waals surface area contributed by atoms with Crippen LogP contribution in [0.25, 0.3) is 0 Å². The van der Waals surface area contributed by atoms with Gasteiger partial charge in [0.1, 0.15) is 28.6 Å². The Labute approximate surface area is 188 Å². The van der Waals surface area contributed by atoms with E-state index in [1.807, 2.05) is 0 Å². The van der Waals surface area contributed by atoms with E-state index in [2.05, 4.69) is 5.32 Å². The van der Waals surface area contributed by atoms with E-state index in [1.165, 1.54) is 24.3 Å². The van der Waals surface area contributed by atoms with E-state index < -0.39 is 45.6 Å². The van der Waals surface area contributed by atoms with E-state index in [9.17, 15) is 27.6 Å². The van der Waals surface area contributed by atoms with Crippen LogP contribution in [-0.4, -0.2) is 5.91 Å². The molecule has 172 valence electrons. The number of nitrogens with one attached hydrogen (secondary N) is 1. The third kappa shape index (κ3) is 4.85. The van der Waals surface area contributed by atoms with Crippen LogP contribution in [0.4, 0.5) is 27.6 Å². The van der Waals surface area contributed by atoms with Gasteiger partial charge in [0.05, 0.1) is 10.6 Å². The number of carbonyl (C=O) groups is 1. The highest BCUT2D eigenvalue weighted by Gasteiger charge is 2.38. The lowest BCUT2D eigenvalue weighted by Gasteiger charge is -2.18. The number of rotatable bonds is 5. The highest BCUT2D eigenvalue weighted by molar-refractivity contribution is 6.32. The summed E-state index contributed by atoms with van der Waals surface area (Å²) in [6.45, 7) is 0. The first-order valence-corrected chi connectivity index (χ1v) is 9.99. The molecule has 2 aromatic carbocycles. The van der Waals surface area contributed by atoms with E-state index in [0.717, 1.165) is 31.3 Å². The topological polar surface area (TPSA) is 65.3 Å². The van der Waals surface area contributed by atoms with Gasteiger partial charge in [0.2, 0.25) is 6.20 Å². The maximum absolute atomic E-state index is 15.0. The van der Waals surface area contributed by atoms with E-state index >= 15 is 4.39 Å². The molecule has 1 saturated carbocycles. The lowest BCUT2D eigenvalue weighted by atomic mass is 10.1. The molecular formula is C22H14ClF5N2O3. The van der Waals surface area contributed by atoms with Gasteiger partial charge in [-0.15, -0.1) is 0 Å². The predicted molar refractivity (Wildman–Crippen MR) is 108 cm³/mol. The first kappa shape index (κ1) is 22.8. The van der Waals surface area contributed by atoms with Gasteiger partial charge in [-0.1, -0.05) is 11.6 Å². The molecule has 1 N–H and O–H groups in total. The minimum Gasteiger partial charge on any atom is -0.619 e. The van der Waals surface area contributed by atoms with Crippen molar-refractivity contribution >= 4 is 23.2 Å². The fourth-order valence-corrected chi connectivity index (χ4v) is 3.52. The molecule has 0 bridgehead atoms. The Kier molecular flexibility index (Phi) is 5.87. The molecular weight excluding hydrogens is 471 g/mol. The van der Waals surface area contributed by atoms with Crippen LogP contribution in [0.2, 0.25) is 5.02 Å². The number of alkyl halides is 3. The number of carbonyl (C=O) groups excluding carboxylic acids is 1. The molecule has 1 amide bonds. The van der Waals surface area contributed by atoms with Gasteiger partial charge in [0.25, 0.3) is 5.91 Å². The van der Waals surface area contributed by atoms with E-state index in [1.54, 1.807) is 0 Å². The van der Waals surface area contributed by atoms with Crippen LogP contribution in [-0.2, 0) is 6.18 Å². The number of benzene rings is 2. The van der Waals surface area contributed by atoms with Gasteiger partial charge >= 0.3 is 6.18 Å². The van der Waals surface area contributed by atoms with Crippen molar-refractivity contribution in [2.45, 2.75) is 24.9 Å². The van der Waals surface area contributed by atoms with E-state index in [0.29, 0.717) is 16.4 Å². The Hall–Kier alpha value is -3.40. The van der Waals surface area contributed by atoms with Crippen LogP contribution in [0.15, 0.2) is 48.8 Å². The van der Waals surface area contributed by atoms with Gasteiger partial charge < -0.3 is 15.3 Å². The van der Waals surface area contributed by atoms with Crippen molar-refractivity contribution in [1.82, 2.24) is 0 Å². The Balaban J connectivity index is 1.82. The van der Waals surface area contributed by atoms with Crippen LogP contribution in [0.3, 0.4) is 0 Å². The fraction of sp³-hybridized carbons (Fsp3) is 0.182. The summed E-state index contributed by atoms with van der Waals surface area (Å²) in [7, 11) is 0. The summed E-state index contributed by atoms with van der Waals surface area (Å²) in [5.74, 6) is -4.26. The molecule has 33 heavy (non-hydrogen) atoms. The molecule has 0 aliphatic heterocycles. The number of anilines is 1. The molecule has 0 radical (unpaired) electrons. The number of hydrogen-bond acceptors (Lipinski definition) is 3. The summed E-state index contributed by atoms with van der Waals surface area (Å²) < 4.78 is 75.0. The first-order chi connectivity index (χ1) is 15.5. The summed E-state index contributed by atoms with van der Waals surface area (Å²) >= 11 is 5.61. The molecule has 0 saturated heterocycles. The maximum Gasteiger partial charge on any atom is 0.418 e. The highest BCUT2D eigenvalue weighted by atomic mass is 35.5. The smallest absolute Gasteiger partial charge is 0.418 e. The van der Waals surface area contributed by atoms with Gasteiger partial charge in [-0.25, -0.2) is 8.78 Å². The number of aromatic nitrogens is 1.